The van der Waals surface area contributed by atoms with E-state index in [-0.39, 0.29) is 0 Å². The maximum absolute atomic E-state index is 12.4. The Labute approximate surface area is 314 Å². The summed E-state index contributed by atoms with van der Waals surface area (Å²) >= 11 is 0. The average molecular weight is 795 g/mol. The number of aliphatic hydroxyl groups excluding tert-OH is 1. The van der Waals surface area contributed by atoms with Crippen LogP contribution in [0.4, 0.5) is 0 Å². The predicted molar refractivity (Wildman–Crippen MR) is 170 cm³/mol. The summed E-state index contributed by atoms with van der Waals surface area (Å²) in [4.78, 5) is 97.4. The van der Waals surface area contributed by atoms with Gasteiger partial charge in [0.15, 0.2) is 61.6 Å². The predicted octanol–water partition coefficient (Wildman–Crippen LogP) is -1.34. The van der Waals surface area contributed by atoms with Crippen molar-refractivity contribution in [3.63, 3.8) is 0 Å². The quantitative estimate of drug-likeness (QED) is 0.167. The molecule has 22 nitrogen and oxygen atoms in total. The standard InChI is InChI=1S/C33H46O22/c1-12-23(54-32-29(51-19(8)40)25(48-16(5)37)21(11-44-32)46-14(3)35)26(28(31(42)45-12)50-18(7)39)55-33-30(52-20(9)41)27(49-17(6)38)24(47-15(4)36)22(53-33)10-43-13(2)34/h12,21-33,42H,10-11H2,1-9H3/t12-,21+,22+,23-,24+,25-,26+,27-,28+,29+,30+,31+,32-,33-/m0/s1. The summed E-state index contributed by atoms with van der Waals surface area (Å²) in [5, 5.41) is 11.0. The van der Waals surface area contributed by atoms with Crippen LogP contribution in [0.15, 0.2) is 0 Å². The second-order valence-electron chi connectivity index (χ2n) is 12.6. The summed E-state index contributed by atoms with van der Waals surface area (Å²) in [6, 6.07) is 0. The third-order valence-electron chi connectivity index (χ3n) is 7.88. The van der Waals surface area contributed by atoms with Crippen LogP contribution in [-0.4, -0.2) is 152 Å². The zero-order valence-corrected chi connectivity index (χ0v) is 31.5. The monoisotopic (exact) mass is 794 g/mol. The highest BCUT2D eigenvalue weighted by atomic mass is 16.8. The Morgan fingerprint density at radius 2 is 0.927 bits per heavy atom. The Kier molecular flexibility index (Phi) is 16.3. The minimum Gasteiger partial charge on any atom is -0.463 e. The van der Waals surface area contributed by atoms with Crippen LogP contribution in [-0.2, 0) is 99.9 Å². The average Bonchev–Trinajstić information content (AvgIpc) is 3.03. The number of rotatable bonds is 13. The summed E-state index contributed by atoms with van der Waals surface area (Å²) in [7, 11) is 0. The van der Waals surface area contributed by atoms with E-state index >= 15 is 0 Å². The number of carbonyl (C=O) groups excluding carboxylic acids is 8. The zero-order valence-electron chi connectivity index (χ0n) is 31.5. The van der Waals surface area contributed by atoms with Crippen LogP contribution in [0.25, 0.3) is 0 Å². The first-order valence-electron chi connectivity index (χ1n) is 16.9. The molecule has 0 radical (unpaired) electrons. The van der Waals surface area contributed by atoms with Crippen LogP contribution in [0.3, 0.4) is 0 Å². The SMILES string of the molecule is CC(=O)OC[C@H]1O[C@@H](O[C@@H]2[C@@H](O[C@@H]3OC[C@@H](OC(C)=O)[C@H](OC(C)=O)[C@H]3OC(C)=O)[C@H](C)O[C@@H](O)[C@@H]2OC(C)=O)[C@H](OC(C)=O)[C@@H](OC(C)=O)[C@@H]1OC(C)=O. The number of carbonyl (C=O) groups is 8. The van der Waals surface area contributed by atoms with E-state index in [0.29, 0.717) is 0 Å². The van der Waals surface area contributed by atoms with Gasteiger partial charge in [-0.05, 0) is 6.92 Å². The summed E-state index contributed by atoms with van der Waals surface area (Å²) in [5.41, 5.74) is 0. The van der Waals surface area contributed by atoms with Gasteiger partial charge in [0.2, 0.25) is 0 Å². The Bertz CT molecular complexity index is 1430. The van der Waals surface area contributed by atoms with Gasteiger partial charge in [-0.3, -0.25) is 38.4 Å². The highest BCUT2D eigenvalue weighted by molar-refractivity contribution is 5.70. The Hall–Kier alpha value is -4.48. The van der Waals surface area contributed by atoms with Crippen molar-refractivity contribution >= 4 is 47.8 Å². The topological polar surface area (TPSA) is 277 Å². The third kappa shape index (κ3) is 12.8. The van der Waals surface area contributed by atoms with Crippen molar-refractivity contribution in [2.24, 2.45) is 0 Å². The molecule has 55 heavy (non-hydrogen) atoms. The Balaban J connectivity index is 2.15. The molecule has 3 fully saturated rings. The number of esters is 8. The lowest BCUT2D eigenvalue weighted by Crippen LogP contribution is -2.67. The molecule has 0 bridgehead atoms. The molecule has 0 aromatic heterocycles. The second kappa shape index (κ2) is 19.9. The van der Waals surface area contributed by atoms with Crippen LogP contribution in [0.1, 0.15) is 62.3 Å². The molecular weight excluding hydrogens is 748 g/mol. The normalized spacial score (nSPS) is 34.5. The molecule has 0 aliphatic carbocycles. The highest BCUT2D eigenvalue weighted by Crippen LogP contribution is 2.36. The van der Waals surface area contributed by atoms with E-state index in [1.54, 1.807) is 0 Å². The zero-order chi connectivity index (χ0) is 41.3. The first-order chi connectivity index (χ1) is 25.7. The molecule has 0 aromatic carbocycles. The third-order valence-corrected chi connectivity index (χ3v) is 7.88. The summed E-state index contributed by atoms with van der Waals surface area (Å²) in [5.74, 6) is -7.02. The summed E-state index contributed by atoms with van der Waals surface area (Å²) in [6.45, 7) is 8.64. The van der Waals surface area contributed by atoms with Crippen molar-refractivity contribution in [2.45, 2.75) is 148 Å². The van der Waals surface area contributed by atoms with Crippen molar-refractivity contribution in [3.8, 4) is 0 Å². The molecular formula is C33H46O22. The van der Waals surface area contributed by atoms with Crippen molar-refractivity contribution < 1.29 is 105 Å². The van der Waals surface area contributed by atoms with Gasteiger partial charge in [0.25, 0.3) is 0 Å². The van der Waals surface area contributed by atoms with Gasteiger partial charge in [0.1, 0.15) is 24.9 Å². The van der Waals surface area contributed by atoms with E-state index < -0.39 is 147 Å². The van der Waals surface area contributed by atoms with E-state index in [0.717, 1.165) is 55.4 Å². The van der Waals surface area contributed by atoms with Gasteiger partial charge in [-0.1, -0.05) is 0 Å². The number of hydrogen-bond acceptors (Lipinski definition) is 22. The minimum absolute atomic E-state index is 0.455. The Morgan fingerprint density at radius 3 is 1.44 bits per heavy atom. The lowest BCUT2D eigenvalue weighted by molar-refractivity contribution is -0.376. The molecule has 3 rings (SSSR count). The Morgan fingerprint density at radius 1 is 0.491 bits per heavy atom. The van der Waals surface area contributed by atoms with Crippen LogP contribution in [0, 0.1) is 0 Å². The smallest absolute Gasteiger partial charge is 0.303 e. The van der Waals surface area contributed by atoms with Gasteiger partial charge in [-0.15, -0.1) is 0 Å². The number of ether oxygens (including phenoxy) is 13. The molecule has 0 amide bonds. The van der Waals surface area contributed by atoms with Gasteiger partial charge in [0, 0.05) is 55.4 Å². The lowest BCUT2D eigenvalue weighted by atomic mass is 9.96. The molecule has 22 heteroatoms. The van der Waals surface area contributed by atoms with Crippen LogP contribution in [0.2, 0.25) is 0 Å². The van der Waals surface area contributed by atoms with Crippen LogP contribution >= 0.6 is 0 Å². The van der Waals surface area contributed by atoms with Crippen molar-refractivity contribution in [1.82, 2.24) is 0 Å². The molecule has 0 spiro atoms. The fraction of sp³-hybridized carbons (Fsp3) is 0.758. The minimum atomic E-state index is -1.91. The molecule has 3 aliphatic heterocycles. The van der Waals surface area contributed by atoms with Crippen molar-refractivity contribution in [2.75, 3.05) is 13.2 Å². The van der Waals surface area contributed by atoms with Crippen molar-refractivity contribution in [3.05, 3.63) is 0 Å². The number of hydrogen-bond donors (Lipinski definition) is 1. The molecule has 3 aliphatic rings. The van der Waals surface area contributed by atoms with E-state index in [1.165, 1.54) is 6.92 Å². The van der Waals surface area contributed by atoms with E-state index in [4.69, 9.17) is 61.6 Å². The molecule has 3 saturated heterocycles. The first kappa shape index (κ1) is 44.9. The first-order valence-corrected chi connectivity index (χ1v) is 16.9. The molecule has 0 aromatic rings. The van der Waals surface area contributed by atoms with E-state index in [1.807, 2.05) is 0 Å². The second-order valence-corrected chi connectivity index (χ2v) is 12.6. The van der Waals surface area contributed by atoms with Gasteiger partial charge >= 0.3 is 47.8 Å². The molecule has 3 heterocycles. The highest BCUT2D eigenvalue weighted by Gasteiger charge is 2.58. The van der Waals surface area contributed by atoms with Crippen LogP contribution < -0.4 is 0 Å². The summed E-state index contributed by atoms with van der Waals surface area (Å²) in [6.07, 6.45) is -22.4. The van der Waals surface area contributed by atoms with E-state index in [2.05, 4.69) is 0 Å². The molecule has 1 N–H and O–H groups in total. The molecule has 0 unspecified atom stereocenters. The van der Waals surface area contributed by atoms with E-state index in [9.17, 15) is 43.5 Å². The lowest BCUT2D eigenvalue weighted by Gasteiger charge is -2.49. The fourth-order valence-corrected chi connectivity index (χ4v) is 6.08. The molecule has 14 atom stereocenters. The number of aliphatic hydroxyl groups is 1. The van der Waals surface area contributed by atoms with Gasteiger partial charge < -0.3 is 66.7 Å². The van der Waals surface area contributed by atoms with Gasteiger partial charge in [-0.2, -0.15) is 0 Å². The fourth-order valence-electron chi connectivity index (χ4n) is 6.08. The van der Waals surface area contributed by atoms with Gasteiger partial charge in [0.05, 0.1) is 12.7 Å². The van der Waals surface area contributed by atoms with Crippen LogP contribution in [0.5, 0.6) is 0 Å². The largest absolute Gasteiger partial charge is 0.463 e. The molecule has 0 saturated carbocycles. The van der Waals surface area contributed by atoms with Gasteiger partial charge in [-0.25, -0.2) is 0 Å². The maximum Gasteiger partial charge on any atom is 0.303 e. The van der Waals surface area contributed by atoms with Crippen molar-refractivity contribution in [1.29, 1.82) is 0 Å². The molecule has 310 valence electrons. The summed E-state index contributed by atoms with van der Waals surface area (Å²) < 4.78 is 72.9. The maximum atomic E-state index is 12.4.